The molecule has 8 nitrogen and oxygen atoms in total. The average molecular weight is 411 g/mol. The minimum absolute atomic E-state index is 0.118. The van der Waals surface area contributed by atoms with E-state index in [-0.39, 0.29) is 23.7 Å². The maximum absolute atomic E-state index is 13.0. The maximum Gasteiger partial charge on any atom is 0.336 e. The van der Waals surface area contributed by atoms with Gasteiger partial charge in [-0.1, -0.05) is 12.1 Å². The molecule has 0 atom stereocenters. The summed E-state index contributed by atoms with van der Waals surface area (Å²) in [5, 5.41) is 0. The van der Waals surface area contributed by atoms with Crippen LogP contribution in [0.3, 0.4) is 0 Å². The highest BCUT2D eigenvalue weighted by molar-refractivity contribution is 6.26. The number of nitrogens with two attached hydrogens (primary N) is 1. The van der Waals surface area contributed by atoms with E-state index in [1.807, 2.05) is 0 Å². The highest BCUT2D eigenvalue weighted by atomic mass is 19.3. The number of amides is 3. The summed E-state index contributed by atoms with van der Waals surface area (Å²) in [4.78, 5) is 35.0. The van der Waals surface area contributed by atoms with Gasteiger partial charge in [0.2, 0.25) is 5.95 Å². The molecule has 1 aliphatic rings. The van der Waals surface area contributed by atoms with Crippen LogP contribution in [0, 0.1) is 0 Å². The van der Waals surface area contributed by atoms with Gasteiger partial charge < -0.3 is 10.5 Å². The van der Waals surface area contributed by atoms with Crippen LogP contribution in [0.5, 0.6) is 11.5 Å². The molecule has 30 heavy (non-hydrogen) atoms. The first kappa shape index (κ1) is 19.2. The van der Waals surface area contributed by atoms with Gasteiger partial charge in [-0.3, -0.25) is 9.69 Å². The zero-order valence-corrected chi connectivity index (χ0v) is 15.4. The summed E-state index contributed by atoms with van der Waals surface area (Å²) in [6.07, 6.45) is 0.151. The molecule has 152 valence electrons. The second kappa shape index (κ2) is 7.74. The standard InChI is InChI=1S/C20H15F2N5O3/c21-18(22)12-2-1-3-14(8-12)26-11-17(28)27(20(26)29)13-4-6-15(7-5-13)30-16-9-24-19(23)25-10-16/h1-10,18H,11H2,(H2,23,24,25). The molecule has 1 aliphatic heterocycles. The molecule has 10 heteroatoms. The molecule has 2 N–H and O–H groups in total. The predicted octanol–water partition coefficient (Wildman–Crippen LogP) is 3.76. The van der Waals surface area contributed by atoms with Crippen LogP contribution in [0.4, 0.5) is 30.9 Å². The Morgan fingerprint density at radius 2 is 1.67 bits per heavy atom. The number of hydrogen-bond acceptors (Lipinski definition) is 6. The summed E-state index contributed by atoms with van der Waals surface area (Å²) in [5.41, 5.74) is 5.77. The van der Waals surface area contributed by atoms with Crippen LogP contribution >= 0.6 is 0 Å². The molecule has 0 radical (unpaired) electrons. The van der Waals surface area contributed by atoms with Crippen LogP contribution in [0.15, 0.2) is 60.9 Å². The Morgan fingerprint density at radius 3 is 2.33 bits per heavy atom. The second-order valence-electron chi connectivity index (χ2n) is 6.37. The van der Waals surface area contributed by atoms with Gasteiger partial charge in [0.15, 0.2) is 5.75 Å². The Labute approximate surface area is 169 Å². The van der Waals surface area contributed by atoms with Gasteiger partial charge in [-0.25, -0.2) is 28.4 Å². The zero-order valence-electron chi connectivity index (χ0n) is 15.4. The van der Waals surface area contributed by atoms with Crippen molar-refractivity contribution in [2.45, 2.75) is 6.43 Å². The largest absolute Gasteiger partial charge is 0.454 e. The molecule has 0 aliphatic carbocycles. The summed E-state index contributed by atoms with van der Waals surface area (Å²) < 4.78 is 31.5. The molecule has 1 saturated heterocycles. The lowest BCUT2D eigenvalue weighted by atomic mass is 10.2. The number of anilines is 3. The number of imide groups is 1. The molecule has 0 saturated carbocycles. The lowest BCUT2D eigenvalue weighted by Gasteiger charge is -2.18. The van der Waals surface area contributed by atoms with E-state index in [1.165, 1.54) is 36.7 Å². The Balaban J connectivity index is 1.52. The number of ether oxygens (including phenoxy) is 1. The number of nitrogen functional groups attached to an aromatic ring is 1. The van der Waals surface area contributed by atoms with Crippen molar-refractivity contribution in [2.75, 3.05) is 22.1 Å². The lowest BCUT2D eigenvalue weighted by Crippen LogP contribution is -2.33. The van der Waals surface area contributed by atoms with Crippen molar-refractivity contribution in [2.24, 2.45) is 0 Å². The fraction of sp³-hybridized carbons (Fsp3) is 0.100. The normalized spacial score (nSPS) is 14.0. The number of hydrogen-bond donors (Lipinski definition) is 1. The Kier molecular flexibility index (Phi) is 4.97. The third-order valence-corrected chi connectivity index (χ3v) is 4.38. The second-order valence-corrected chi connectivity index (χ2v) is 6.37. The first-order valence-corrected chi connectivity index (χ1v) is 8.80. The van der Waals surface area contributed by atoms with Gasteiger partial charge in [0, 0.05) is 11.3 Å². The van der Waals surface area contributed by atoms with Crippen molar-refractivity contribution in [1.82, 2.24) is 9.97 Å². The Morgan fingerprint density at radius 1 is 0.967 bits per heavy atom. The van der Waals surface area contributed by atoms with E-state index in [9.17, 15) is 18.4 Å². The minimum atomic E-state index is -2.67. The fourth-order valence-corrected chi connectivity index (χ4v) is 2.96. The van der Waals surface area contributed by atoms with Gasteiger partial charge in [0.1, 0.15) is 12.3 Å². The topological polar surface area (TPSA) is 102 Å². The van der Waals surface area contributed by atoms with Gasteiger partial charge in [-0.2, -0.15) is 0 Å². The SMILES string of the molecule is Nc1ncc(Oc2ccc(N3C(=O)CN(c4cccc(C(F)F)c4)C3=O)cc2)cn1. The van der Waals surface area contributed by atoms with Crippen LogP contribution in [-0.4, -0.2) is 28.5 Å². The first-order valence-electron chi connectivity index (χ1n) is 8.80. The van der Waals surface area contributed by atoms with Gasteiger partial charge in [-0.15, -0.1) is 0 Å². The van der Waals surface area contributed by atoms with Gasteiger partial charge >= 0.3 is 6.03 Å². The molecule has 1 aromatic heterocycles. The molecule has 3 aromatic rings. The first-order chi connectivity index (χ1) is 14.4. The summed E-state index contributed by atoms with van der Waals surface area (Å²) >= 11 is 0. The minimum Gasteiger partial charge on any atom is -0.454 e. The molecule has 2 aromatic carbocycles. The quantitative estimate of drug-likeness (QED) is 0.642. The van der Waals surface area contributed by atoms with E-state index in [0.29, 0.717) is 17.2 Å². The van der Waals surface area contributed by atoms with E-state index < -0.39 is 18.4 Å². The number of carbonyl (C=O) groups is 2. The lowest BCUT2D eigenvalue weighted by molar-refractivity contribution is -0.115. The van der Waals surface area contributed by atoms with Crippen molar-refractivity contribution in [3.63, 3.8) is 0 Å². The molecule has 3 amide bonds. The Bertz CT molecular complexity index is 1090. The monoisotopic (exact) mass is 411 g/mol. The predicted molar refractivity (Wildman–Crippen MR) is 105 cm³/mol. The Hall–Kier alpha value is -4.08. The average Bonchev–Trinajstić information content (AvgIpc) is 3.04. The van der Waals surface area contributed by atoms with E-state index in [0.717, 1.165) is 9.80 Å². The zero-order chi connectivity index (χ0) is 21.3. The van der Waals surface area contributed by atoms with Crippen molar-refractivity contribution in [3.05, 3.63) is 66.5 Å². The molecular weight excluding hydrogens is 396 g/mol. The van der Waals surface area contributed by atoms with Gasteiger partial charge in [0.25, 0.3) is 12.3 Å². The van der Waals surface area contributed by atoms with Gasteiger partial charge in [0.05, 0.1) is 18.1 Å². The number of halogens is 2. The fourth-order valence-electron chi connectivity index (χ4n) is 2.96. The summed E-state index contributed by atoms with van der Waals surface area (Å²) in [6, 6.07) is 11.0. The third-order valence-electron chi connectivity index (χ3n) is 4.38. The molecule has 2 heterocycles. The number of rotatable bonds is 5. The van der Waals surface area contributed by atoms with E-state index in [4.69, 9.17) is 10.5 Å². The van der Waals surface area contributed by atoms with Crippen LogP contribution in [0.1, 0.15) is 12.0 Å². The van der Waals surface area contributed by atoms with Crippen LogP contribution in [0.2, 0.25) is 0 Å². The van der Waals surface area contributed by atoms with E-state index in [2.05, 4.69) is 9.97 Å². The molecule has 4 rings (SSSR count). The third kappa shape index (κ3) is 3.75. The van der Waals surface area contributed by atoms with Crippen LogP contribution in [0.25, 0.3) is 0 Å². The maximum atomic E-state index is 13.0. The van der Waals surface area contributed by atoms with Crippen molar-refractivity contribution < 1.29 is 23.1 Å². The van der Waals surface area contributed by atoms with Crippen molar-refractivity contribution in [3.8, 4) is 11.5 Å². The van der Waals surface area contributed by atoms with E-state index >= 15 is 0 Å². The summed E-state index contributed by atoms with van der Waals surface area (Å²) in [6.45, 7) is -0.243. The molecule has 0 spiro atoms. The van der Waals surface area contributed by atoms with Crippen molar-refractivity contribution >= 4 is 29.3 Å². The van der Waals surface area contributed by atoms with Crippen LogP contribution in [-0.2, 0) is 4.79 Å². The summed E-state index contributed by atoms with van der Waals surface area (Å²) in [5.74, 6) is 0.457. The highest BCUT2D eigenvalue weighted by Crippen LogP contribution is 2.30. The van der Waals surface area contributed by atoms with Crippen LogP contribution < -0.4 is 20.3 Å². The molecule has 0 bridgehead atoms. The number of benzene rings is 2. The number of urea groups is 1. The van der Waals surface area contributed by atoms with Crippen molar-refractivity contribution in [1.29, 1.82) is 0 Å². The molecular formula is C20H15F2N5O3. The number of nitrogens with zero attached hydrogens (tertiary/aromatic N) is 4. The molecule has 1 fully saturated rings. The summed E-state index contributed by atoms with van der Waals surface area (Å²) in [7, 11) is 0. The van der Waals surface area contributed by atoms with E-state index in [1.54, 1.807) is 24.3 Å². The molecule has 0 unspecified atom stereocenters. The smallest absolute Gasteiger partial charge is 0.336 e. The number of aromatic nitrogens is 2. The highest BCUT2D eigenvalue weighted by Gasteiger charge is 2.38. The van der Waals surface area contributed by atoms with Gasteiger partial charge in [-0.05, 0) is 36.4 Å². The number of carbonyl (C=O) groups excluding carboxylic acids is 2. The number of alkyl halides is 2.